The van der Waals surface area contributed by atoms with Crippen molar-refractivity contribution in [1.82, 2.24) is 10.2 Å². The molecule has 2 aromatic rings. The molecule has 0 saturated carbocycles. The molecule has 0 spiro atoms. The number of halogens is 1. The van der Waals surface area contributed by atoms with E-state index < -0.39 is 34.3 Å². The maximum absolute atomic E-state index is 13.3. The number of carbonyl (C=O) groups excluding carboxylic acids is 2. The summed E-state index contributed by atoms with van der Waals surface area (Å²) >= 11 is 0. The summed E-state index contributed by atoms with van der Waals surface area (Å²) in [5, 5.41) is 2.82. The highest BCUT2D eigenvalue weighted by molar-refractivity contribution is 7.92. The van der Waals surface area contributed by atoms with Gasteiger partial charge in [0.05, 0.1) is 11.9 Å². The van der Waals surface area contributed by atoms with Gasteiger partial charge in [-0.05, 0) is 43.2 Å². The van der Waals surface area contributed by atoms with Crippen molar-refractivity contribution in [3.05, 3.63) is 66.0 Å². The van der Waals surface area contributed by atoms with Crippen LogP contribution in [0.1, 0.15) is 32.3 Å². The number of sulfonamides is 1. The number of anilines is 1. The Labute approximate surface area is 189 Å². The van der Waals surface area contributed by atoms with Gasteiger partial charge < -0.3 is 10.2 Å². The van der Waals surface area contributed by atoms with Gasteiger partial charge >= 0.3 is 0 Å². The van der Waals surface area contributed by atoms with Crippen LogP contribution in [-0.2, 0) is 26.2 Å². The fourth-order valence-electron chi connectivity index (χ4n) is 3.12. The molecule has 0 aromatic heterocycles. The highest BCUT2D eigenvalue weighted by atomic mass is 32.2. The number of nitrogens with one attached hydrogen (secondary N) is 1. The van der Waals surface area contributed by atoms with Gasteiger partial charge in [0.1, 0.15) is 18.4 Å². The van der Waals surface area contributed by atoms with Crippen molar-refractivity contribution in [2.24, 2.45) is 0 Å². The van der Waals surface area contributed by atoms with Gasteiger partial charge in [0.15, 0.2) is 0 Å². The molecule has 9 heteroatoms. The number of benzene rings is 2. The minimum Gasteiger partial charge on any atom is -0.354 e. The van der Waals surface area contributed by atoms with Crippen molar-refractivity contribution in [3.8, 4) is 0 Å². The first kappa shape index (κ1) is 25.3. The zero-order valence-corrected chi connectivity index (χ0v) is 19.4. The molecule has 0 aliphatic rings. The van der Waals surface area contributed by atoms with E-state index in [0.717, 1.165) is 41.1 Å². The lowest BCUT2D eigenvalue weighted by Gasteiger charge is -2.31. The molecular weight excluding hydrogens is 433 g/mol. The van der Waals surface area contributed by atoms with E-state index in [-0.39, 0.29) is 18.1 Å². The first-order chi connectivity index (χ1) is 15.1. The third-order valence-electron chi connectivity index (χ3n) is 4.99. The van der Waals surface area contributed by atoms with Crippen LogP contribution >= 0.6 is 0 Å². The predicted molar refractivity (Wildman–Crippen MR) is 123 cm³/mol. The summed E-state index contributed by atoms with van der Waals surface area (Å²) in [4.78, 5) is 27.3. The summed E-state index contributed by atoms with van der Waals surface area (Å²) in [7, 11) is -3.83. The number of unbranched alkanes of at least 4 members (excludes halogenated alkanes) is 1. The number of hydrogen-bond acceptors (Lipinski definition) is 4. The fraction of sp³-hybridized carbons (Fsp3) is 0.391. The minimum atomic E-state index is -3.83. The van der Waals surface area contributed by atoms with Gasteiger partial charge in [0.2, 0.25) is 21.8 Å². The van der Waals surface area contributed by atoms with E-state index in [2.05, 4.69) is 5.32 Å². The zero-order chi connectivity index (χ0) is 23.7. The standard InChI is InChI=1S/C23H30FN3O4S/c1-4-5-15-25-23(29)18(2)26(16-19-9-7-6-8-10-19)22(28)17-27(32(3,30)31)21-13-11-20(24)12-14-21/h6-14,18H,4-5,15-17H2,1-3H3,(H,25,29). The lowest BCUT2D eigenvalue weighted by molar-refractivity contribution is -0.139. The molecule has 32 heavy (non-hydrogen) atoms. The molecule has 174 valence electrons. The average Bonchev–Trinajstić information content (AvgIpc) is 2.76. The van der Waals surface area contributed by atoms with Gasteiger partial charge in [0, 0.05) is 13.1 Å². The quantitative estimate of drug-likeness (QED) is 0.519. The zero-order valence-electron chi connectivity index (χ0n) is 18.6. The van der Waals surface area contributed by atoms with Crippen LogP contribution in [0, 0.1) is 5.82 Å². The summed E-state index contributed by atoms with van der Waals surface area (Å²) in [6.45, 7) is 3.76. The Morgan fingerprint density at radius 3 is 2.25 bits per heavy atom. The first-order valence-electron chi connectivity index (χ1n) is 10.5. The van der Waals surface area contributed by atoms with Crippen LogP contribution in [0.4, 0.5) is 10.1 Å². The summed E-state index contributed by atoms with van der Waals surface area (Å²) in [5.74, 6) is -1.37. The van der Waals surface area contributed by atoms with Crippen molar-refractivity contribution in [2.45, 2.75) is 39.3 Å². The Kier molecular flexibility index (Phi) is 9.19. The van der Waals surface area contributed by atoms with E-state index in [1.54, 1.807) is 6.92 Å². The van der Waals surface area contributed by atoms with Crippen molar-refractivity contribution >= 4 is 27.5 Å². The van der Waals surface area contributed by atoms with E-state index in [1.807, 2.05) is 37.3 Å². The van der Waals surface area contributed by atoms with Gasteiger partial charge in [-0.1, -0.05) is 43.7 Å². The summed E-state index contributed by atoms with van der Waals surface area (Å²) in [5.41, 5.74) is 0.976. The Bertz CT molecular complexity index is 998. The van der Waals surface area contributed by atoms with Gasteiger partial charge in [0.25, 0.3) is 0 Å². The van der Waals surface area contributed by atoms with Crippen molar-refractivity contribution < 1.29 is 22.4 Å². The predicted octanol–water partition coefficient (Wildman–Crippen LogP) is 2.93. The molecule has 1 atom stereocenters. The highest BCUT2D eigenvalue weighted by Gasteiger charge is 2.29. The van der Waals surface area contributed by atoms with Crippen LogP contribution in [-0.4, -0.2) is 50.5 Å². The molecule has 0 aliphatic heterocycles. The van der Waals surface area contributed by atoms with Gasteiger partial charge in [-0.15, -0.1) is 0 Å². The van der Waals surface area contributed by atoms with Crippen LogP contribution in [0.5, 0.6) is 0 Å². The molecule has 0 saturated heterocycles. The average molecular weight is 464 g/mol. The van der Waals surface area contributed by atoms with Gasteiger partial charge in [-0.2, -0.15) is 0 Å². The van der Waals surface area contributed by atoms with Crippen LogP contribution in [0.15, 0.2) is 54.6 Å². The number of amides is 2. The SMILES string of the molecule is CCCCNC(=O)C(C)N(Cc1ccccc1)C(=O)CN(c1ccc(F)cc1)S(C)(=O)=O. The molecule has 2 rings (SSSR count). The minimum absolute atomic E-state index is 0.142. The first-order valence-corrected chi connectivity index (χ1v) is 12.3. The van der Waals surface area contributed by atoms with E-state index in [9.17, 15) is 22.4 Å². The Balaban J connectivity index is 2.30. The number of rotatable bonds is 11. The third-order valence-corrected chi connectivity index (χ3v) is 6.13. The summed E-state index contributed by atoms with van der Waals surface area (Å²) in [6, 6.07) is 13.2. The molecule has 0 heterocycles. The number of nitrogens with zero attached hydrogens (tertiary/aromatic N) is 2. The molecule has 7 nitrogen and oxygen atoms in total. The monoisotopic (exact) mass is 463 g/mol. The van der Waals surface area contributed by atoms with Crippen molar-refractivity contribution in [1.29, 1.82) is 0 Å². The van der Waals surface area contributed by atoms with E-state index >= 15 is 0 Å². The largest absolute Gasteiger partial charge is 0.354 e. The molecule has 1 unspecified atom stereocenters. The van der Waals surface area contributed by atoms with Crippen molar-refractivity contribution in [3.63, 3.8) is 0 Å². The lowest BCUT2D eigenvalue weighted by Crippen LogP contribution is -2.51. The molecule has 0 radical (unpaired) electrons. The number of carbonyl (C=O) groups is 2. The Hall–Kier alpha value is -2.94. The fourth-order valence-corrected chi connectivity index (χ4v) is 3.97. The molecular formula is C23H30FN3O4S. The van der Waals surface area contributed by atoms with E-state index in [1.165, 1.54) is 17.0 Å². The summed E-state index contributed by atoms with van der Waals surface area (Å²) in [6.07, 6.45) is 2.71. The lowest BCUT2D eigenvalue weighted by atomic mass is 10.1. The molecule has 2 amide bonds. The highest BCUT2D eigenvalue weighted by Crippen LogP contribution is 2.19. The molecule has 0 fully saturated rings. The molecule has 2 aromatic carbocycles. The smallest absolute Gasteiger partial charge is 0.244 e. The summed E-state index contributed by atoms with van der Waals surface area (Å²) < 4.78 is 39.0. The molecule has 1 N–H and O–H groups in total. The molecule has 0 aliphatic carbocycles. The second-order valence-corrected chi connectivity index (χ2v) is 9.48. The Morgan fingerprint density at radius 1 is 1.06 bits per heavy atom. The maximum atomic E-state index is 13.3. The van der Waals surface area contributed by atoms with Gasteiger partial charge in [-0.25, -0.2) is 12.8 Å². The topological polar surface area (TPSA) is 86.8 Å². The maximum Gasteiger partial charge on any atom is 0.244 e. The van der Waals surface area contributed by atoms with E-state index in [4.69, 9.17) is 0 Å². The normalized spacial score (nSPS) is 12.1. The second-order valence-electron chi connectivity index (χ2n) is 7.57. The van der Waals surface area contributed by atoms with Crippen LogP contribution in [0.3, 0.4) is 0 Å². The van der Waals surface area contributed by atoms with E-state index in [0.29, 0.717) is 6.54 Å². The second kappa shape index (κ2) is 11.6. The van der Waals surface area contributed by atoms with Crippen LogP contribution in [0.25, 0.3) is 0 Å². The van der Waals surface area contributed by atoms with Crippen molar-refractivity contribution in [2.75, 3.05) is 23.7 Å². The molecule has 0 bridgehead atoms. The Morgan fingerprint density at radius 2 is 1.69 bits per heavy atom. The number of hydrogen-bond donors (Lipinski definition) is 1. The van der Waals surface area contributed by atoms with Gasteiger partial charge in [-0.3, -0.25) is 13.9 Å². The van der Waals surface area contributed by atoms with Crippen LogP contribution < -0.4 is 9.62 Å². The van der Waals surface area contributed by atoms with Crippen LogP contribution in [0.2, 0.25) is 0 Å². The third kappa shape index (κ3) is 7.33.